The number of nitriles is 2. The number of nitrogens with zero attached hydrogens (tertiary/aromatic N) is 3. The molecular formula is C17H21N3O2. The highest BCUT2D eigenvalue weighted by Gasteiger charge is 2.27. The summed E-state index contributed by atoms with van der Waals surface area (Å²) in [6, 6.07) is 5.86. The Morgan fingerprint density at radius 2 is 1.68 bits per heavy atom. The standard InChI is InChI=1S/C17H21N3O2/c1-11(2)7-13-9-14(8-12(3)4)16(10-19)17(20(21)22)15(13)5-6-18/h9,11-12H,5,7-8H2,1-4H3. The van der Waals surface area contributed by atoms with Gasteiger partial charge in [-0.2, -0.15) is 10.5 Å². The van der Waals surface area contributed by atoms with Crippen LogP contribution in [0.3, 0.4) is 0 Å². The molecule has 0 heterocycles. The predicted octanol–water partition coefficient (Wildman–Crippen LogP) is 3.93. The van der Waals surface area contributed by atoms with Crippen LogP contribution >= 0.6 is 0 Å². The molecule has 0 spiro atoms. The van der Waals surface area contributed by atoms with Gasteiger partial charge in [-0.1, -0.05) is 33.8 Å². The van der Waals surface area contributed by atoms with E-state index in [2.05, 4.69) is 0 Å². The maximum atomic E-state index is 11.5. The minimum Gasteiger partial charge on any atom is -0.258 e. The van der Waals surface area contributed by atoms with E-state index in [9.17, 15) is 15.4 Å². The third-order valence-corrected chi connectivity index (χ3v) is 3.39. The first kappa shape index (κ1) is 17.7. The summed E-state index contributed by atoms with van der Waals surface area (Å²) < 4.78 is 0. The molecule has 0 atom stereocenters. The molecule has 22 heavy (non-hydrogen) atoms. The molecule has 0 aromatic heterocycles. The average molecular weight is 299 g/mol. The second-order valence-electron chi connectivity index (χ2n) is 6.30. The number of hydrogen-bond donors (Lipinski definition) is 0. The highest BCUT2D eigenvalue weighted by molar-refractivity contribution is 5.62. The Balaban J connectivity index is 3.69. The second kappa shape index (κ2) is 7.56. The molecule has 0 fully saturated rings. The lowest BCUT2D eigenvalue weighted by molar-refractivity contribution is -0.385. The molecular weight excluding hydrogens is 278 g/mol. The fraction of sp³-hybridized carbons (Fsp3) is 0.529. The summed E-state index contributed by atoms with van der Waals surface area (Å²) in [5.41, 5.74) is 1.85. The van der Waals surface area contributed by atoms with Gasteiger partial charge in [0.25, 0.3) is 5.69 Å². The largest absolute Gasteiger partial charge is 0.291 e. The van der Waals surface area contributed by atoms with Gasteiger partial charge in [-0.25, -0.2) is 0 Å². The van der Waals surface area contributed by atoms with Crippen molar-refractivity contribution >= 4 is 5.69 Å². The van der Waals surface area contributed by atoms with Crippen LogP contribution in [-0.2, 0) is 19.3 Å². The third-order valence-electron chi connectivity index (χ3n) is 3.39. The topological polar surface area (TPSA) is 90.7 Å². The van der Waals surface area contributed by atoms with Crippen LogP contribution in [0, 0.1) is 44.6 Å². The van der Waals surface area contributed by atoms with Crippen LogP contribution in [0.25, 0.3) is 0 Å². The zero-order valence-corrected chi connectivity index (χ0v) is 13.5. The van der Waals surface area contributed by atoms with Crippen molar-refractivity contribution in [3.8, 4) is 12.1 Å². The molecule has 0 bridgehead atoms. The zero-order valence-electron chi connectivity index (χ0n) is 13.5. The molecule has 0 amide bonds. The number of hydrogen-bond acceptors (Lipinski definition) is 4. The monoisotopic (exact) mass is 299 g/mol. The summed E-state index contributed by atoms with van der Waals surface area (Å²) >= 11 is 0. The molecule has 0 saturated carbocycles. The van der Waals surface area contributed by atoms with Crippen molar-refractivity contribution in [1.29, 1.82) is 10.5 Å². The fourth-order valence-electron chi connectivity index (χ4n) is 2.65. The van der Waals surface area contributed by atoms with Crippen molar-refractivity contribution in [3.63, 3.8) is 0 Å². The second-order valence-corrected chi connectivity index (χ2v) is 6.30. The first-order valence-electron chi connectivity index (χ1n) is 7.40. The van der Waals surface area contributed by atoms with E-state index in [1.165, 1.54) is 0 Å². The van der Waals surface area contributed by atoms with E-state index in [0.717, 1.165) is 5.56 Å². The van der Waals surface area contributed by atoms with Gasteiger partial charge in [0.05, 0.1) is 17.4 Å². The molecule has 1 rings (SSSR count). The van der Waals surface area contributed by atoms with Gasteiger partial charge in [0.2, 0.25) is 0 Å². The van der Waals surface area contributed by atoms with Crippen LogP contribution in [-0.4, -0.2) is 4.92 Å². The van der Waals surface area contributed by atoms with Crippen molar-refractivity contribution < 1.29 is 4.92 Å². The molecule has 5 heteroatoms. The van der Waals surface area contributed by atoms with Crippen LogP contribution in [0.15, 0.2) is 6.07 Å². The van der Waals surface area contributed by atoms with Gasteiger partial charge in [-0.05, 0) is 35.8 Å². The summed E-state index contributed by atoms with van der Waals surface area (Å²) in [6.07, 6.45) is 1.23. The molecule has 0 aliphatic heterocycles. The highest BCUT2D eigenvalue weighted by atomic mass is 16.6. The molecule has 0 aliphatic carbocycles. The SMILES string of the molecule is CC(C)Cc1cc(CC(C)C)c(CC#N)c([N+](=O)[O-])c1C#N. The van der Waals surface area contributed by atoms with Gasteiger partial charge in [0.1, 0.15) is 11.6 Å². The summed E-state index contributed by atoms with van der Waals surface area (Å²) in [7, 11) is 0. The summed E-state index contributed by atoms with van der Waals surface area (Å²) in [4.78, 5) is 11.0. The Bertz CT molecular complexity index is 649. The molecule has 0 aliphatic rings. The normalized spacial score (nSPS) is 10.5. The number of rotatable bonds is 6. The molecule has 116 valence electrons. The lowest BCUT2D eigenvalue weighted by Crippen LogP contribution is -2.10. The van der Waals surface area contributed by atoms with E-state index >= 15 is 0 Å². The zero-order chi connectivity index (χ0) is 16.9. The average Bonchev–Trinajstić information content (AvgIpc) is 2.39. The Labute approximate surface area is 131 Å². The quantitative estimate of drug-likeness (QED) is 0.587. The molecule has 0 unspecified atom stereocenters. The first-order chi connectivity index (χ1) is 10.3. The van der Waals surface area contributed by atoms with Crippen LogP contribution in [0.2, 0.25) is 0 Å². The van der Waals surface area contributed by atoms with Crippen molar-refractivity contribution in [2.24, 2.45) is 11.8 Å². The third kappa shape index (κ3) is 4.05. The molecule has 0 saturated heterocycles. The van der Waals surface area contributed by atoms with E-state index in [1.807, 2.05) is 45.9 Å². The van der Waals surface area contributed by atoms with E-state index < -0.39 is 4.92 Å². The van der Waals surface area contributed by atoms with E-state index in [-0.39, 0.29) is 17.7 Å². The van der Waals surface area contributed by atoms with Gasteiger partial charge < -0.3 is 0 Å². The van der Waals surface area contributed by atoms with Crippen molar-refractivity contribution in [2.45, 2.75) is 47.0 Å². The van der Waals surface area contributed by atoms with Crippen molar-refractivity contribution in [3.05, 3.63) is 38.4 Å². The number of nitro groups is 1. The Morgan fingerprint density at radius 1 is 1.14 bits per heavy atom. The molecule has 0 N–H and O–H groups in total. The minimum atomic E-state index is -0.515. The Hall–Kier alpha value is -2.40. The van der Waals surface area contributed by atoms with Gasteiger partial charge in [0.15, 0.2) is 0 Å². The Morgan fingerprint density at radius 3 is 2.09 bits per heavy atom. The van der Waals surface area contributed by atoms with Crippen LogP contribution < -0.4 is 0 Å². The predicted molar refractivity (Wildman–Crippen MR) is 84.2 cm³/mol. The van der Waals surface area contributed by atoms with Gasteiger partial charge in [0, 0.05) is 5.56 Å². The molecule has 1 aromatic rings. The lowest BCUT2D eigenvalue weighted by atomic mass is 9.87. The van der Waals surface area contributed by atoms with Crippen molar-refractivity contribution in [1.82, 2.24) is 0 Å². The minimum absolute atomic E-state index is 0.0466. The maximum absolute atomic E-state index is 11.5. The van der Waals surface area contributed by atoms with E-state index in [0.29, 0.717) is 35.8 Å². The Kier molecular flexibility index (Phi) is 6.07. The van der Waals surface area contributed by atoms with E-state index in [4.69, 9.17) is 5.26 Å². The smallest absolute Gasteiger partial charge is 0.258 e. The number of nitro benzene ring substituents is 1. The molecule has 5 nitrogen and oxygen atoms in total. The molecule has 1 aromatic carbocycles. The van der Waals surface area contributed by atoms with Gasteiger partial charge in [-0.3, -0.25) is 10.1 Å². The van der Waals surface area contributed by atoms with Gasteiger partial charge >= 0.3 is 0 Å². The fourth-order valence-corrected chi connectivity index (χ4v) is 2.65. The molecule has 0 radical (unpaired) electrons. The highest BCUT2D eigenvalue weighted by Crippen LogP contribution is 2.33. The van der Waals surface area contributed by atoms with Crippen LogP contribution in [0.1, 0.15) is 49.9 Å². The van der Waals surface area contributed by atoms with E-state index in [1.54, 1.807) is 0 Å². The first-order valence-corrected chi connectivity index (χ1v) is 7.40. The van der Waals surface area contributed by atoms with Crippen LogP contribution in [0.5, 0.6) is 0 Å². The maximum Gasteiger partial charge on any atom is 0.291 e. The van der Waals surface area contributed by atoms with Crippen LogP contribution in [0.4, 0.5) is 5.69 Å². The van der Waals surface area contributed by atoms with Gasteiger partial charge in [-0.15, -0.1) is 0 Å². The number of benzene rings is 1. The lowest BCUT2D eigenvalue weighted by Gasteiger charge is -2.15. The summed E-state index contributed by atoms with van der Waals surface area (Å²) in [5.74, 6) is 0.609. The van der Waals surface area contributed by atoms with Crippen molar-refractivity contribution in [2.75, 3.05) is 0 Å². The summed E-state index contributed by atoms with van der Waals surface area (Å²) in [6.45, 7) is 8.08. The summed E-state index contributed by atoms with van der Waals surface area (Å²) in [5, 5.41) is 29.9.